The molecule has 0 aliphatic rings. The molecule has 1 rings (SSSR count). The number of benzene rings is 1. The van der Waals surface area contributed by atoms with Gasteiger partial charge in [-0.2, -0.15) is 0 Å². The molecule has 38 heavy (non-hydrogen) atoms. The standard InChI is InChI=1S/C23H33N5O10/c1-11(29)19(25)22(36)28-16(10-12-2-4-13(30)5-3-12)21(35)26-14(6-8-17(24)31)20(34)27-15(23(37)38)7-9-18(32)33/h2-5,11,14-16,19,29-30H,6-10,25H2,1H3,(H2,24,31)(H,26,35)(H,27,34)(H,28,36)(H,32,33)(H,37,38). The number of hydrogen-bond donors (Lipinski definition) is 9. The van der Waals surface area contributed by atoms with Gasteiger partial charge in [-0.25, -0.2) is 4.79 Å². The summed E-state index contributed by atoms with van der Waals surface area (Å²) in [5, 5.41) is 44.1. The molecule has 5 unspecified atom stereocenters. The van der Waals surface area contributed by atoms with Crippen molar-refractivity contribution in [2.75, 3.05) is 0 Å². The van der Waals surface area contributed by atoms with Gasteiger partial charge < -0.3 is 47.8 Å². The third-order valence-electron chi connectivity index (χ3n) is 5.41. The van der Waals surface area contributed by atoms with Crippen molar-refractivity contribution < 1.29 is 49.2 Å². The van der Waals surface area contributed by atoms with Crippen LogP contribution in [0.3, 0.4) is 0 Å². The summed E-state index contributed by atoms with van der Waals surface area (Å²) in [5.74, 6) is -6.46. The van der Waals surface area contributed by atoms with Gasteiger partial charge in [0, 0.05) is 19.3 Å². The molecule has 210 valence electrons. The van der Waals surface area contributed by atoms with E-state index in [1.54, 1.807) is 0 Å². The summed E-state index contributed by atoms with van der Waals surface area (Å²) in [6.45, 7) is 1.27. The molecule has 0 aliphatic heterocycles. The zero-order chi connectivity index (χ0) is 29.0. The highest BCUT2D eigenvalue weighted by atomic mass is 16.4. The van der Waals surface area contributed by atoms with Gasteiger partial charge >= 0.3 is 11.9 Å². The molecule has 0 saturated carbocycles. The van der Waals surface area contributed by atoms with Crippen molar-refractivity contribution >= 4 is 35.6 Å². The molecule has 0 aromatic heterocycles. The van der Waals surface area contributed by atoms with Crippen LogP contribution in [0.4, 0.5) is 0 Å². The summed E-state index contributed by atoms with van der Waals surface area (Å²) in [4.78, 5) is 72.0. The summed E-state index contributed by atoms with van der Waals surface area (Å²) in [5.41, 5.74) is 11.3. The van der Waals surface area contributed by atoms with Gasteiger partial charge in [0.15, 0.2) is 0 Å². The second kappa shape index (κ2) is 15.1. The molecule has 0 saturated heterocycles. The van der Waals surface area contributed by atoms with Gasteiger partial charge in [0.1, 0.15) is 29.9 Å². The van der Waals surface area contributed by atoms with E-state index in [0.29, 0.717) is 5.56 Å². The second-order valence-corrected chi connectivity index (χ2v) is 8.60. The van der Waals surface area contributed by atoms with E-state index in [1.807, 2.05) is 0 Å². The van der Waals surface area contributed by atoms with Gasteiger partial charge in [-0.15, -0.1) is 0 Å². The molecule has 0 fully saturated rings. The summed E-state index contributed by atoms with van der Waals surface area (Å²) >= 11 is 0. The van der Waals surface area contributed by atoms with Crippen molar-refractivity contribution in [2.24, 2.45) is 11.5 Å². The summed E-state index contributed by atoms with van der Waals surface area (Å²) in [7, 11) is 0. The number of aliphatic hydroxyl groups is 1. The van der Waals surface area contributed by atoms with Gasteiger partial charge in [0.25, 0.3) is 0 Å². The smallest absolute Gasteiger partial charge is 0.326 e. The van der Waals surface area contributed by atoms with Crippen LogP contribution in [0.2, 0.25) is 0 Å². The van der Waals surface area contributed by atoms with Gasteiger partial charge in [0.05, 0.1) is 6.10 Å². The second-order valence-electron chi connectivity index (χ2n) is 8.60. The van der Waals surface area contributed by atoms with Crippen molar-refractivity contribution in [2.45, 2.75) is 69.3 Å². The first kappa shape index (κ1) is 31.8. The van der Waals surface area contributed by atoms with E-state index in [1.165, 1.54) is 31.2 Å². The summed E-state index contributed by atoms with van der Waals surface area (Å²) in [6, 6.07) is -0.150. The van der Waals surface area contributed by atoms with Crippen molar-refractivity contribution in [3.05, 3.63) is 29.8 Å². The number of carboxylic acid groups (broad SMARTS) is 2. The van der Waals surface area contributed by atoms with E-state index in [9.17, 15) is 44.1 Å². The third kappa shape index (κ3) is 11.2. The molecule has 15 nitrogen and oxygen atoms in total. The molecule has 5 atom stereocenters. The first-order valence-electron chi connectivity index (χ1n) is 11.6. The Hall–Kier alpha value is -4.24. The average molecular weight is 540 g/mol. The minimum absolute atomic E-state index is 0.0472. The number of hydrogen-bond acceptors (Lipinski definition) is 9. The number of aliphatic carboxylic acids is 2. The first-order chi connectivity index (χ1) is 17.7. The number of nitrogens with one attached hydrogen (secondary N) is 3. The van der Waals surface area contributed by atoms with Gasteiger partial charge in [0.2, 0.25) is 23.6 Å². The lowest BCUT2D eigenvalue weighted by Crippen LogP contribution is -2.58. The van der Waals surface area contributed by atoms with Gasteiger partial charge in [-0.3, -0.25) is 24.0 Å². The third-order valence-corrected chi connectivity index (χ3v) is 5.41. The van der Waals surface area contributed by atoms with Crippen LogP contribution in [0, 0.1) is 0 Å². The Kier molecular flexibility index (Phi) is 12.6. The largest absolute Gasteiger partial charge is 0.508 e. The number of amides is 4. The maximum absolute atomic E-state index is 13.2. The fraction of sp³-hybridized carbons (Fsp3) is 0.478. The zero-order valence-corrected chi connectivity index (χ0v) is 20.6. The number of primary amides is 1. The Labute approximate surface area is 217 Å². The summed E-state index contributed by atoms with van der Waals surface area (Å²) in [6.07, 6.45) is -3.08. The molecule has 11 N–H and O–H groups in total. The van der Waals surface area contributed by atoms with Crippen molar-refractivity contribution in [1.82, 2.24) is 16.0 Å². The maximum Gasteiger partial charge on any atom is 0.326 e. The molecule has 0 bridgehead atoms. The first-order valence-corrected chi connectivity index (χ1v) is 11.6. The van der Waals surface area contributed by atoms with Crippen LogP contribution in [0.5, 0.6) is 5.75 Å². The number of carboxylic acids is 2. The molecular formula is C23H33N5O10. The molecule has 0 spiro atoms. The topological polar surface area (TPSA) is 271 Å². The average Bonchev–Trinajstić information content (AvgIpc) is 2.83. The predicted octanol–water partition coefficient (Wildman–Crippen LogP) is -2.69. The van der Waals surface area contributed by atoms with Gasteiger partial charge in [-0.05, 0) is 37.5 Å². The Morgan fingerprint density at radius 2 is 1.32 bits per heavy atom. The monoisotopic (exact) mass is 539 g/mol. The molecule has 0 radical (unpaired) electrons. The highest BCUT2D eigenvalue weighted by molar-refractivity contribution is 5.94. The Bertz CT molecular complexity index is 1010. The molecular weight excluding hydrogens is 506 g/mol. The van der Waals surface area contributed by atoms with Gasteiger partial charge in [-0.1, -0.05) is 12.1 Å². The minimum atomic E-state index is -1.59. The molecule has 0 heterocycles. The quantitative estimate of drug-likeness (QED) is 0.104. The normalized spacial score (nSPS) is 14.7. The highest BCUT2D eigenvalue weighted by Gasteiger charge is 2.31. The van der Waals surface area contributed by atoms with Crippen molar-refractivity contribution in [3.8, 4) is 5.75 Å². The number of aromatic hydroxyl groups is 1. The number of rotatable bonds is 16. The number of carbonyl (C=O) groups is 6. The van der Waals surface area contributed by atoms with Crippen LogP contribution < -0.4 is 27.4 Å². The lowest BCUT2D eigenvalue weighted by Gasteiger charge is -2.25. The van der Waals surface area contributed by atoms with Crippen LogP contribution >= 0.6 is 0 Å². The van der Waals surface area contributed by atoms with Crippen LogP contribution in [0.25, 0.3) is 0 Å². The van der Waals surface area contributed by atoms with Crippen molar-refractivity contribution in [1.29, 1.82) is 0 Å². The van der Waals surface area contributed by atoms with E-state index in [4.69, 9.17) is 16.6 Å². The lowest BCUT2D eigenvalue weighted by molar-refractivity contribution is -0.143. The van der Waals surface area contributed by atoms with Crippen LogP contribution in [0.15, 0.2) is 24.3 Å². The van der Waals surface area contributed by atoms with Crippen LogP contribution in [0.1, 0.15) is 38.2 Å². The molecule has 0 aliphatic carbocycles. The molecule has 4 amide bonds. The number of phenolic OH excluding ortho intramolecular Hbond substituents is 1. The zero-order valence-electron chi connectivity index (χ0n) is 20.6. The maximum atomic E-state index is 13.2. The summed E-state index contributed by atoms with van der Waals surface area (Å²) < 4.78 is 0. The lowest BCUT2D eigenvalue weighted by atomic mass is 10.0. The minimum Gasteiger partial charge on any atom is -0.508 e. The Morgan fingerprint density at radius 3 is 1.82 bits per heavy atom. The molecule has 1 aromatic rings. The molecule has 15 heteroatoms. The number of carbonyl (C=O) groups excluding carboxylic acids is 4. The van der Waals surface area contributed by atoms with E-state index < -0.39 is 78.7 Å². The predicted molar refractivity (Wildman–Crippen MR) is 130 cm³/mol. The van der Waals surface area contributed by atoms with E-state index in [2.05, 4.69) is 16.0 Å². The van der Waals surface area contributed by atoms with Crippen molar-refractivity contribution in [3.63, 3.8) is 0 Å². The fourth-order valence-electron chi connectivity index (χ4n) is 3.19. The van der Waals surface area contributed by atoms with Crippen LogP contribution in [-0.2, 0) is 35.2 Å². The van der Waals surface area contributed by atoms with E-state index in [0.717, 1.165) is 0 Å². The Morgan fingerprint density at radius 1 is 0.816 bits per heavy atom. The van der Waals surface area contributed by atoms with E-state index >= 15 is 0 Å². The van der Waals surface area contributed by atoms with E-state index in [-0.39, 0.29) is 25.0 Å². The SMILES string of the molecule is CC(O)C(N)C(=O)NC(Cc1ccc(O)cc1)C(=O)NC(CCC(N)=O)C(=O)NC(CCC(=O)O)C(=O)O. The van der Waals surface area contributed by atoms with Crippen LogP contribution in [-0.4, -0.2) is 86.3 Å². The Balaban J connectivity index is 3.16. The highest BCUT2D eigenvalue weighted by Crippen LogP contribution is 2.12. The number of phenols is 1. The number of aliphatic hydroxyl groups excluding tert-OH is 1. The fourth-order valence-corrected chi connectivity index (χ4v) is 3.19. The molecule has 1 aromatic carbocycles. The number of nitrogens with two attached hydrogens (primary N) is 2.